The number of amides is 1. The van der Waals surface area contributed by atoms with Crippen molar-refractivity contribution in [2.45, 2.75) is 19.6 Å². The first-order valence-electron chi connectivity index (χ1n) is 7.43. The lowest BCUT2D eigenvalue weighted by molar-refractivity contribution is -0.113. The Morgan fingerprint density at radius 1 is 1.29 bits per heavy atom. The van der Waals surface area contributed by atoms with Gasteiger partial charge in [0.1, 0.15) is 19.0 Å². The van der Waals surface area contributed by atoms with Crippen LogP contribution in [0.4, 0.5) is 5.69 Å². The van der Waals surface area contributed by atoms with Gasteiger partial charge in [0.05, 0.1) is 17.1 Å². The van der Waals surface area contributed by atoms with E-state index in [0.29, 0.717) is 41.9 Å². The maximum atomic E-state index is 12.2. The Labute approximate surface area is 152 Å². The van der Waals surface area contributed by atoms with Gasteiger partial charge in [0.15, 0.2) is 11.5 Å². The number of thioether (sulfide) groups is 1. The fraction of sp³-hybridized carbons (Fsp3) is 0.375. The molecule has 0 fully saturated rings. The zero-order valence-corrected chi connectivity index (χ0v) is 15.8. The molecule has 8 heteroatoms. The summed E-state index contributed by atoms with van der Waals surface area (Å²) >= 11 is 4.96. The standard InChI is InChI=1S/C16H17BrN2O4S/c1-9-11(10(2)23-19-9)7-24-8-16(20)18-13-6-15-14(5-12(13)17)21-3-4-22-15/h5-6H,3-4,7-8H2,1-2H3,(H,18,20). The van der Waals surface area contributed by atoms with Crippen LogP contribution < -0.4 is 14.8 Å². The van der Waals surface area contributed by atoms with Crippen molar-refractivity contribution in [3.8, 4) is 11.5 Å². The molecule has 1 N–H and O–H groups in total. The summed E-state index contributed by atoms with van der Waals surface area (Å²) in [6, 6.07) is 3.58. The molecule has 1 aromatic carbocycles. The molecule has 0 aliphatic carbocycles. The van der Waals surface area contributed by atoms with E-state index in [4.69, 9.17) is 14.0 Å². The van der Waals surface area contributed by atoms with E-state index >= 15 is 0 Å². The van der Waals surface area contributed by atoms with Crippen LogP contribution in [0.3, 0.4) is 0 Å². The van der Waals surface area contributed by atoms with Crippen LogP contribution in [-0.2, 0) is 10.5 Å². The summed E-state index contributed by atoms with van der Waals surface area (Å²) < 4.78 is 16.9. The van der Waals surface area contributed by atoms with Gasteiger partial charge in [-0.1, -0.05) is 5.16 Å². The molecule has 1 amide bonds. The summed E-state index contributed by atoms with van der Waals surface area (Å²) in [5.41, 5.74) is 2.59. The van der Waals surface area contributed by atoms with Crippen LogP contribution in [0.1, 0.15) is 17.0 Å². The Bertz CT molecular complexity index is 743. The first kappa shape index (κ1) is 17.2. The van der Waals surface area contributed by atoms with E-state index in [1.54, 1.807) is 12.1 Å². The molecular formula is C16H17BrN2O4S. The third-order valence-corrected chi connectivity index (χ3v) is 5.18. The van der Waals surface area contributed by atoms with Crippen LogP contribution in [0.5, 0.6) is 11.5 Å². The van der Waals surface area contributed by atoms with Gasteiger partial charge in [0.2, 0.25) is 5.91 Å². The average Bonchev–Trinajstić information content (AvgIpc) is 2.87. The molecule has 0 radical (unpaired) electrons. The molecule has 0 saturated heterocycles. The van der Waals surface area contributed by atoms with Crippen LogP contribution in [0, 0.1) is 13.8 Å². The van der Waals surface area contributed by atoms with E-state index in [0.717, 1.165) is 21.5 Å². The highest BCUT2D eigenvalue weighted by atomic mass is 79.9. The minimum Gasteiger partial charge on any atom is -0.486 e. The molecule has 24 heavy (non-hydrogen) atoms. The Hall–Kier alpha value is -1.67. The average molecular weight is 413 g/mol. The molecule has 2 heterocycles. The van der Waals surface area contributed by atoms with Crippen molar-refractivity contribution >= 4 is 39.3 Å². The topological polar surface area (TPSA) is 73.6 Å². The minimum atomic E-state index is -0.0795. The molecule has 3 rings (SSSR count). The quantitative estimate of drug-likeness (QED) is 0.806. The second kappa shape index (κ2) is 7.48. The lowest BCUT2D eigenvalue weighted by atomic mass is 10.2. The third-order valence-electron chi connectivity index (χ3n) is 3.57. The van der Waals surface area contributed by atoms with Gasteiger partial charge in [-0.15, -0.1) is 11.8 Å². The summed E-state index contributed by atoms with van der Waals surface area (Å²) in [7, 11) is 0. The molecule has 6 nitrogen and oxygen atoms in total. The number of anilines is 1. The van der Waals surface area contributed by atoms with Crippen molar-refractivity contribution in [2.75, 3.05) is 24.3 Å². The zero-order chi connectivity index (χ0) is 17.1. The first-order valence-corrected chi connectivity index (χ1v) is 9.38. The molecular weight excluding hydrogens is 396 g/mol. The van der Waals surface area contributed by atoms with Gasteiger partial charge in [0, 0.05) is 27.9 Å². The van der Waals surface area contributed by atoms with E-state index in [-0.39, 0.29) is 5.91 Å². The van der Waals surface area contributed by atoms with E-state index in [2.05, 4.69) is 26.4 Å². The number of ether oxygens (including phenoxy) is 2. The van der Waals surface area contributed by atoms with Crippen LogP contribution >= 0.6 is 27.7 Å². The third kappa shape index (κ3) is 3.87. The Kier molecular flexibility index (Phi) is 5.35. The van der Waals surface area contributed by atoms with Gasteiger partial charge in [-0.25, -0.2) is 0 Å². The maximum absolute atomic E-state index is 12.2. The van der Waals surface area contributed by atoms with Crippen LogP contribution in [0.2, 0.25) is 0 Å². The van der Waals surface area contributed by atoms with Gasteiger partial charge in [-0.05, 0) is 29.8 Å². The van der Waals surface area contributed by atoms with Crippen LogP contribution in [-0.4, -0.2) is 30.0 Å². The van der Waals surface area contributed by atoms with Crippen LogP contribution in [0.25, 0.3) is 0 Å². The molecule has 0 saturated carbocycles. The fourth-order valence-electron chi connectivity index (χ4n) is 2.30. The van der Waals surface area contributed by atoms with Gasteiger partial charge in [0.25, 0.3) is 0 Å². The first-order chi connectivity index (χ1) is 11.5. The lowest BCUT2D eigenvalue weighted by Gasteiger charge is -2.20. The lowest BCUT2D eigenvalue weighted by Crippen LogP contribution is -2.17. The van der Waals surface area contributed by atoms with Gasteiger partial charge < -0.3 is 19.3 Å². The highest BCUT2D eigenvalue weighted by molar-refractivity contribution is 9.10. The summed E-state index contributed by atoms with van der Waals surface area (Å²) in [6.07, 6.45) is 0. The summed E-state index contributed by atoms with van der Waals surface area (Å²) in [4.78, 5) is 12.2. The zero-order valence-electron chi connectivity index (χ0n) is 13.3. The number of hydrogen-bond donors (Lipinski definition) is 1. The number of rotatable bonds is 5. The fourth-order valence-corrected chi connectivity index (χ4v) is 3.70. The highest BCUT2D eigenvalue weighted by Crippen LogP contribution is 2.38. The maximum Gasteiger partial charge on any atom is 0.234 e. The van der Waals surface area contributed by atoms with Crippen molar-refractivity contribution in [3.05, 3.63) is 33.6 Å². The predicted octanol–water partition coefficient (Wildman–Crippen LogP) is 3.70. The smallest absolute Gasteiger partial charge is 0.234 e. The molecule has 0 unspecified atom stereocenters. The molecule has 1 aliphatic heterocycles. The van der Waals surface area contributed by atoms with Crippen molar-refractivity contribution in [1.29, 1.82) is 0 Å². The van der Waals surface area contributed by atoms with Gasteiger partial charge in [-0.2, -0.15) is 0 Å². The summed E-state index contributed by atoms with van der Waals surface area (Å²) in [5.74, 6) is 3.07. The molecule has 1 aromatic heterocycles. The van der Waals surface area contributed by atoms with E-state index in [1.165, 1.54) is 11.8 Å². The normalized spacial score (nSPS) is 13.0. The Balaban J connectivity index is 1.57. The number of nitrogens with one attached hydrogen (secondary N) is 1. The molecule has 0 atom stereocenters. The van der Waals surface area contributed by atoms with Crippen LogP contribution in [0.15, 0.2) is 21.1 Å². The van der Waals surface area contributed by atoms with Crippen molar-refractivity contribution in [2.24, 2.45) is 0 Å². The Morgan fingerprint density at radius 3 is 2.67 bits per heavy atom. The number of aryl methyl sites for hydroxylation is 2. The molecule has 0 bridgehead atoms. The predicted molar refractivity (Wildman–Crippen MR) is 95.9 cm³/mol. The van der Waals surface area contributed by atoms with Gasteiger partial charge >= 0.3 is 0 Å². The second-order valence-electron chi connectivity index (χ2n) is 5.32. The number of benzene rings is 1. The highest BCUT2D eigenvalue weighted by Gasteiger charge is 2.16. The molecule has 1 aliphatic rings. The van der Waals surface area contributed by atoms with Crippen molar-refractivity contribution < 1.29 is 18.8 Å². The van der Waals surface area contributed by atoms with E-state index in [1.807, 2.05) is 13.8 Å². The number of aromatic nitrogens is 1. The molecule has 2 aromatic rings. The number of fused-ring (bicyclic) bond motifs is 1. The van der Waals surface area contributed by atoms with Gasteiger partial charge in [-0.3, -0.25) is 4.79 Å². The summed E-state index contributed by atoms with van der Waals surface area (Å²) in [5, 5.41) is 6.80. The SMILES string of the molecule is Cc1noc(C)c1CSCC(=O)Nc1cc2c(cc1Br)OCCO2. The second-order valence-corrected chi connectivity index (χ2v) is 7.16. The largest absolute Gasteiger partial charge is 0.486 e. The van der Waals surface area contributed by atoms with Crippen molar-refractivity contribution in [1.82, 2.24) is 5.16 Å². The number of hydrogen-bond acceptors (Lipinski definition) is 6. The Morgan fingerprint density at radius 2 is 2.00 bits per heavy atom. The molecule has 0 spiro atoms. The monoisotopic (exact) mass is 412 g/mol. The molecule has 128 valence electrons. The summed E-state index contributed by atoms with van der Waals surface area (Å²) in [6.45, 7) is 4.82. The van der Waals surface area contributed by atoms with E-state index in [9.17, 15) is 4.79 Å². The number of nitrogens with zero attached hydrogens (tertiary/aromatic N) is 1. The number of halogens is 1. The number of carbonyl (C=O) groups excluding carboxylic acids is 1. The number of carbonyl (C=O) groups is 1. The van der Waals surface area contributed by atoms with Crippen molar-refractivity contribution in [3.63, 3.8) is 0 Å². The van der Waals surface area contributed by atoms with E-state index < -0.39 is 0 Å². The minimum absolute atomic E-state index is 0.0795.